The highest BCUT2D eigenvalue weighted by atomic mass is 35.5. The maximum absolute atomic E-state index is 12.1. The van der Waals surface area contributed by atoms with Crippen molar-refractivity contribution >= 4 is 33.2 Å². The second-order valence-electron chi connectivity index (χ2n) is 3.61. The van der Waals surface area contributed by atoms with Crippen LogP contribution < -0.4 is 0 Å². The molecule has 0 amide bonds. The van der Waals surface area contributed by atoms with Gasteiger partial charge >= 0.3 is 0 Å². The molecule has 1 heterocycles. The number of halogens is 1. The van der Waals surface area contributed by atoms with Gasteiger partial charge in [-0.25, -0.2) is 8.42 Å². The number of aromatic nitrogens is 2. The van der Waals surface area contributed by atoms with E-state index in [0.717, 1.165) is 5.75 Å². The SMILES string of the molecule is CCSc1nnc(CS(=O)(=O)c2ccc(Cl)cc2)o1. The van der Waals surface area contributed by atoms with Crippen LogP contribution in [-0.4, -0.2) is 24.4 Å². The van der Waals surface area contributed by atoms with Gasteiger partial charge in [-0.05, 0) is 30.0 Å². The molecule has 1 aromatic carbocycles. The minimum absolute atomic E-state index is 0.0888. The first-order valence-electron chi connectivity index (χ1n) is 5.45. The highest BCUT2D eigenvalue weighted by molar-refractivity contribution is 7.99. The Morgan fingerprint density at radius 2 is 1.95 bits per heavy atom. The predicted octanol–water partition coefficient (Wildman–Crippen LogP) is 2.81. The topological polar surface area (TPSA) is 73.1 Å². The van der Waals surface area contributed by atoms with E-state index in [1.807, 2.05) is 6.92 Å². The molecule has 2 rings (SSSR count). The van der Waals surface area contributed by atoms with E-state index in [1.54, 1.807) is 0 Å². The Morgan fingerprint density at radius 3 is 2.58 bits per heavy atom. The van der Waals surface area contributed by atoms with Gasteiger partial charge in [-0.15, -0.1) is 10.2 Å². The summed E-state index contributed by atoms with van der Waals surface area (Å²) in [5, 5.41) is 8.34. The van der Waals surface area contributed by atoms with Gasteiger partial charge in [-0.1, -0.05) is 30.3 Å². The van der Waals surface area contributed by atoms with Gasteiger partial charge in [0.25, 0.3) is 5.22 Å². The van der Waals surface area contributed by atoms with Gasteiger partial charge in [-0.3, -0.25) is 0 Å². The van der Waals surface area contributed by atoms with E-state index in [9.17, 15) is 8.42 Å². The zero-order valence-electron chi connectivity index (χ0n) is 10.0. The second-order valence-corrected chi connectivity index (χ2v) is 7.25. The first kappa shape index (κ1) is 14.4. The first-order valence-corrected chi connectivity index (χ1v) is 8.46. The minimum Gasteiger partial charge on any atom is -0.415 e. The summed E-state index contributed by atoms with van der Waals surface area (Å²) in [6.07, 6.45) is 0. The number of benzene rings is 1. The molecule has 102 valence electrons. The summed E-state index contributed by atoms with van der Waals surface area (Å²) in [5.74, 6) is 0.559. The lowest BCUT2D eigenvalue weighted by Crippen LogP contribution is -2.05. The summed E-state index contributed by atoms with van der Waals surface area (Å²) in [4.78, 5) is 0.180. The van der Waals surface area contributed by atoms with Crippen LogP contribution in [0.3, 0.4) is 0 Å². The molecule has 0 aliphatic rings. The number of sulfone groups is 1. The van der Waals surface area contributed by atoms with Crippen LogP contribution in [0.15, 0.2) is 38.8 Å². The Labute approximate surface area is 120 Å². The van der Waals surface area contributed by atoms with Crippen LogP contribution in [0.4, 0.5) is 0 Å². The van der Waals surface area contributed by atoms with Crippen molar-refractivity contribution in [3.05, 3.63) is 35.2 Å². The maximum atomic E-state index is 12.1. The fraction of sp³-hybridized carbons (Fsp3) is 0.273. The van der Waals surface area contributed by atoms with Crippen LogP contribution in [0, 0.1) is 0 Å². The molecule has 0 bridgehead atoms. The van der Waals surface area contributed by atoms with Gasteiger partial charge in [0.2, 0.25) is 5.89 Å². The summed E-state index contributed by atoms with van der Waals surface area (Å²) in [6, 6.07) is 5.96. The Balaban J connectivity index is 2.18. The Hall–Kier alpha value is -1.05. The molecule has 0 unspecified atom stereocenters. The summed E-state index contributed by atoms with van der Waals surface area (Å²) >= 11 is 7.09. The first-order chi connectivity index (χ1) is 9.01. The van der Waals surface area contributed by atoms with E-state index in [1.165, 1.54) is 36.0 Å². The lowest BCUT2D eigenvalue weighted by Gasteiger charge is -2.01. The third kappa shape index (κ3) is 3.71. The molecule has 0 saturated carbocycles. The van der Waals surface area contributed by atoms with Crippen LogP contribution in [-0.2, 0) is 15.6 Å². The largest absolute Gasteiger partial charge is 0.415 e. The second kappa shape index (κ2) is 5.94. The van der Waals surface area contributed by atoms with Gasteiger partial charge < -0.3 is 4.42 Å². The van der Waals surface area contributed by atoms with Crippen LogP contribution in [0.5, 0.6) is 0 Å². The maximum Gasteiger partial charge on any atom is 0.276 e. The van der Waals surface area contributed by atoms with E-state index >= 15 is 0 Å². The van der Waals surface area contributed by atoms with E-state index < -0.39 is 9.84 Å². The molecule has 0 radical (unpaired) electrons. The predicted molar refractivity (Wildman–Crippen MR) is 73.0 cm³/mol. The molecule has 0 spiro atoms. The fourth-order valence-electron chi connectivity index (χ4n) is 1.37. The molecule has 8 heteroatoms. The van der Waals surface area contributed by atoms with Crippen molar-refractivity contribution in [2.24, 2.45) is 0 Å². The fourth-order valence-corrected chi connectivity index (χ4v) is 3.15. The smallest absolute Gasteiger partial charge is 0.276 e. The summed E-state index contributed by atoms with van der Waals surface area (Å²) in [5.41, 5.74) is 0. The summed E-state index contributed by atoms with van der Waals surface area (Å²) < 4.78 is 29.4. The summed E-state index contributed by atoms with van der Waals surface area (Å²) in [6.45, 7) is 1.94. The number of rotatable bonds is 5. The Morgan fingerprint density at radius 1 is 1.26 bits per heavy atom. The molecule has 19 heavy (non-hydrogen) atoms. The molecule has 0 aliphatic carbocycles. The quantitative estimate of drug-likeness (QED) is 0.789. The third-order valence-corrected chi connectivity index (χ3v) is 4.77. The molecule has 5 nitrogen and oxygen atoms in total. The van der Waals surface area contributed by atoms with Crippen molar-refractivity contribution in [1.82, 2.24) is 10.2 Å². The molecular weight excluding hydrogens is 308 g/mol. The van der Waals surface area contributed by atoms with Crippen LogP contribution in [0.25, 0.3) is 0 Å². The average Bonchev–Trinajstić information content (AvgIpc) is 2.77. The Bertz CT molecular complexity index is 653. The number of hydrogen-bond acceptors (Lipinski definition) is 6. The molecule has 0 fully saturated rings. The number of nitrogens with zero attached hydrogens (tertiary/aromatic N) is 2. The van der Waals surface area contributed by atoms with Crippen LogP contribution in [0.2, 0.25) is 5.02 Å². The van der Waals surface area contributed by atoms with Crippen molar-refractivity contribution < 1.29 is 12.8 Å². The van der Waals surface area contributed by atoms with Crippen molar-refractivity contribution in [3.8, 4) is 0 Å². The molecule has 2 aromatic rings. The Kier molecular flexibility index (Phi) is 4.49. The summed E-state index contributed by atoms with van der Waals surface area (Å²) in [7, 11) is -3.50. The molecule has 0 aliphatic heterocycles. The van der Waals surface area contributed by atoms with Crippen molar-refractivity contribution in [2.45, 2.75) is 22.8 Å². The molecule has 0 atom stereocenters. The van der Waals surface area contributed by atoms with E-state index in [-0.39, 0.29) is 16.5 Å². The monoisotopic (exact) mass is 318 g/mol. The van der Waals surface area contributed by atoms with Gasteiger partial charge in [0.15, 0.2) is 9.84 Å². The minimum atomic E-state index is -3.50. The third-order valence-electron chi connectivity index (χ3n) is 2.20. The highest BCUT2D eigenvalue weighted by Gasteiger charge is 2.19. The molecule has 1 aromatic heterocycles. The lowest BCUT2D eigenvalue weighted by atomic mass is 10.4. The average molecular weight is 319 g/mol. The number of thioether (sulfide) groups is 1. The molecule has 0 saturated heterocycles. The van der Waals surface area contributed by atoms with Gasteiger partial charge in [0.05, 0.1) is 4.90 Å². The van der Waals surface area contributed by atoms with E-state index in [4.69, 9.17) is 16.0 Å². The van der Waals surface area contributed by atoms with E-state index in [0.29, 0.717) is 10.2 Å². The highest BCUT2D eigenvalue weighted by Crippen LogP contribution is 2.20. The van der Waals surface area contributed by atoms with E-state index in [2.05, 4.69) is 10.2 Å². The zero-order valence-corrected chi connectivity index (χ0v) is 12.4. The number of hydrogen-bond donors (Lipinski definition) is 0. The van der Waals surface area contributed by atoms with Gasteiger partial charge in [0, 0.05) is 5.02 Å². The normalized spacial score (nSPS) is 11.7. The van der Waals surface area contributed by atoms with Gasteiger partial charge in [0.1, 0.15) is 5.75 Å². The lowest BCUT2D eigenvalue weighted by molar-refractivity contribution is 0.423. The van der Waals surface area contributed by atoms with Crippen LogP contribution >= 0.6 is 23.4 Å². The standard InChI is InChI=1S/C11H11ClN2O3S2/c1-2-18-11-14-13-10(17-11)7-19(15,16)9-5-3-8(12)4-6-9/h3-6H,2,7H2,1H3. The molecule has 0 N–H and O–H groups in total. The van der Waals surface area contributed by atoms with Crippen LogP contribution in [0.1, 0.15) is 12.8 Å². The molecular formula is C11H11ClN2O3S2. The van der Waals surface area contributed by atoms with Crippen molar-refractivity contribution in [1.29, 1.82) is 0 Å². The van der Waals surface area contributed by atoms with Gasteiger partial charge in [-0.2, -0.15) is 0 Å². The zero-order chi connectivity index (χ0) is 13.9. The van der Waals surface area contributed by atoms with Crippen molar-refractivity contribution in [3.63, 3.8) is 0 Å². The van der Waals surface area contributed by atoms with Crippen molar-refractivity contribution in [2.75, 3.05) is 5.75 Å².